The van der Waals surface area contributed by atoms with Gasteiger partial charge in [-0.3, -0.25) is 9.59 Å². The van der Waals surface area contributed by atoms with Crippen LogP contribution in [0.4, 0.5) is 0 Å². The van der Waals surface area contributed by atoms with Crippen molar-refractivity contribution in [2.45, 2.75) is 52.4 Å². The zero-order valence-corrected chi connectivity index (χ0v) is 10.3. The third kappa shape index (κ3) is 3.95. The van der Waals surface area contributed by atoms with E-state index >= 15 is 0 Å². The van der Waals surface area contributed by atoms with Crippen LogP contribution in [0.1, 0.15) is 52.4 Å². The first kappa shape index (κ1) is 13.2. The summed E-state index contributed by atoms with van der Waals surface area (Å²) >= 11 is 0. The highest BCUT2D eigenvalue weighted by atomic mass is 16.5. The van der Waals surface area contributed by atoms with E-state index in [0.29, 0.717) is 18.9 Å². The van der Waals surface area contributed by atoms with Crippen LogP contribution in [0.15, 0.2) is 0 Å². The topological polar surface area (TPSA) is 43.4 Å². The van der Waals surface area contributed by atoms with Gasteiger partial charge in [-0.15, -0.1) is 0 Å². The Kier molecular flexibility index (Phi) is 5.50. The Morgan fingerprint density at radius 2 is 1.88 bits per heavy atom. The van der Waals surface area contributed by atoms with Crippen LogP contribution in [0.25, 0.3) is 0 Å². The van der Waals surface area contributed by atoms with Crippen LogP contribution in [0, 0.1) is 11.8 Å². The van der Waals surface area contributed by atoms with Gasteiger partial charge in [-0.05, 0) is 19.8 Å². The van der Waals surface area contributed by atoms with E-state index in [4.69, 9.17) is 4.74 Å². The first-order chi connectivity index (χ1) is 7.65. The number of ketones is 1. The van der Waals surface area contributed by atoms with E-state index in [1.54, 1.807) is 13.8 Å². The molecule has 1 saturated carbocycles. The lowest BCUT2D eigenvalue weighted by Crippen LogP contribution is -2.25. The third-order valence-corrected chi connectivity index (χ3v) is 3.34. The predicted molar refractivity (Wildman–Crippen MR) is 62.0 cm³/mol. The molecule has 0 heterocycles. The minimum absolute atomic E-state index is 0.0466. The molecule has 0 saturated heterocycles. The Hall–Kier alpha value is -0.860. The largest absolute Gasteiger partial charge is 0.465 e. The van der Waals surface area contributed by atoms with Crippen molar-refractivity contribution in [2.75, 3.05) is 6.61 Å². The molecule has 3 nitrogen and oxygen atoms in total. The molecule has 0 aromatic carbocycles. The van der Waals surface area contributed by atoms with Crippen LogP contribution in [0.3, 0.4) is 0 Å². The van der Waals surface area contributed by atoms with E-state index in [1.165, 1.54) is 19.3 Å². The molecule has 0 amide bonds. The van der Waals surface area contributed by atoms with Crippen molar-refractivity contribution >= 4 is 11.8 Å². The maximum Gasteiger partial charge on any atom is 0.316 e. The molecule has 1 rings (SSSR count). The van der Waals surface area contributed by atoms with E-state index < -0.39 is 5.92 Å². The second-order valence-corrected chi connectivity index (χ2v) is 4.65. The van der Waals surface area contributed by atoms with Gasteiger partial charge in [0.2, 0.25) is 0 Å². The summed E-state index contributed by atoms with van der Waals surface area (Å²) < 4.78 is 4.85. The molecule has 1 aliphatic rings. The quantitative estimate of drug-likeness (QED) is 0.534. The summed E-state index contributed by atoms with van der Waals surface area (Å²) in [7, 11) is 0. The van der Waals surface area contributed by atoms with Gasteiger partial charge < -0.3 is 4.74 Å². The van der Waals surface area contributed by atoms with E-state index in [0.717, 1.165) is 12.8 Å². The lowest BCUT2D eigenvalue weighted by molar-refractivity contribution is -0.151. The van der Waals surface area contributed by atoms with Crippen molar-refractivity contribution in [1.29, 1.82) is 0 Å². The van der Waals surface area contributed by atoms with Crippen molar-refractivity contribution in [2.24, 2.45) is 11.8 Å². The van der Waals surface area contributed by atoms with Crippen molar-refractivity contribution in [1.82, 2.24) is 0 Å². The highest BCUT2D eigenvalue weighted by Crippen LogP contribution is 2.27. The van der Waals surface area contributed by atoms with Crippen LogP contribution in [0.2, 0.25) is 0 Å². The summed E-state index contributed by atoms with van der Waals surface area (Å²) in [4.78, 5) is 23.2. The van der Waals surface area contributed by atoms with Gasteiger partial charge in [0.1, 0.15) is 11.7 Å². The third-order valence-electron chi connectivity index (χ3n) is 3.34. The van der Waals surface area contributed by atoms with E-state index in [9.17, 15) is 9.59 Å². The molecule has 0 radical (unpaired) electrons. The Balaban J connectivity index is 2.35. The molecule has 16 heavy (non-hydrogen) atoms. The van der Waals surface area contributed by atoms with Crippen LogP contribution < -0.4 is 0 Å². The molecule has 92 valence electrons. The molecule has 0 bridgehead atoms. The zero-order chi connectivity index (χ0) is 12.0. The summed E-state index contributed by atoms with van der Waals surface area (Å²) in [6, 6.07) is 0. The first-order valence-electron chi connectivity index (χ1n) is 6.34. The average molecular weight is 226 g/mol. The van der Waals surface area contributed by atoms with E-state index in [2.05, 4.69) is 0 Å². The van der Waals surface area contributed by atoms with Crippen molar-refractivity contribution in [3.63, 3.8) is 0 Å². The zero-order valence-electron chi connectivity index (χ0n) is 10.3. The van der Waals surface area contributed by atoms with Crippen molar-refractivity contribution < 1.29 is 14.3 Å². The fourth-order valence-electron chi connectivity index (χ4n) is 2.25. The van der Waals surface area contributed by atoms with Crippen LogP contribution in [0.5, 0.6) is 0 Å². The highest BCUT2D eigenvalue weighted by Gasteiger charge is 2.25. The second-order valence-electron chi connectivity index (χ2n) is 4.65. The molecule has 1 fully saturated rings. The molecule has 3 heteroatoms. The Morgan fingerprint density at radius 3 is 2.44 bits per heavy atom. The normalized spacial score (nSPS) is 19.1. The SMILES string of the molecule is CCOC(=O)C(C)C(=O)CC1CCCCC1. The van der Waals surface area contributed by atoms with Gasteiger partial charge in [0.15, 0.2) is 0 Å². The summed E-state index contributed by atoms with van der Waals surface area (Å²) in [6.07, 6.45) is 6.58. The molecular formula is C13H22O3. The minimum atomic E-state index is -0.582. The maximum absolute atomic E-state index is 11.8. The van der Waals surface area contributed by atoms with E-state index in [-0.39, 0.29) is 11.8 Å². The molecule has 0 spiro atoms. The number of hydrogen-bond donors (Lipinski definition) is 0. The second kappa shape index (κ2) is 6.66. The number of hydrogen-bond acceptors (Lipinski definition) is 3. The molecule has 0 aromatic rings. The molecule has 1 aliphatic carbocycles. The smallest absolute Gasteiger partial charge is 0.316 e. The standard InChI is InChI=1S/C13H22O3/c1-3-16-13(15)10(2)12(14)9-11-7-5-4-6-8-11/h10-11H,3-9H2,1-2H3. The average Bonchev–Trinajstić information content (AvgIpc) is 2.29. The Bertz CT molecular complexity index is 242. The van der Waals surface area contributed by atoms with Gasteiger partial charge >= 0.3 is 5.97 Å². The van der Waals surface area contributed by atoms with Gasteiger partial charge in [-0.25, -0.2) is 0 Å². The fraction of sp³-hybridized carbons (Fsp3) is 0.846. The lowest BCUT2D eigenvalue weighted by atomic mass is 9.84. The number of Topliss-reactive ketones (excluding diaryl/α,β-unsaturated/α-hetero) is 1. The van der Waals surface area contributed by atoms with Crippen LogP contribution in [-0.2, 0) is 14.3 Å². The number of carbonyl (C=O) groups is 2. The highest BCUT2D eigenvalue weighted by molar-refractivity contribution is 5.98. The molecular weight excluding hydrogens is 204 g/mol. The maximum atomic E-state index is 11.8. The van der Waals surface area contributed by atoms with Gasteiger partial charge in [-0.2, -0.15) is 0 Å². The molecule has 0 N–H and O–H groups in total. The predicted octanol–water partition coefficient (Wildman–Crippen LogP) is 2.73. The minimum Gasteiger partial charge on any atom is -0.465 e. The van der Waals surface area contributed by atoms with Crippen LogP contribution >= 0.6 is 0 Å². The number of carbonyl (C=O) groups excluding carboxylic acids is 2. The van der Waals surface area contributed by atoms with Gasteiger partial charge in [-0.1, -0.05) is 32.1 Å². The van der Waals surface area contributed by atoms with Gasteiger partial charge in [0, 0.05) is 6.42 Å². The van der Waals surface area contributed by atoms with Crippen molar-refractivity contribution in [3.8, 4) is 0 Å². The van der Waals surface area contributed by atoms with Crippen LogP contribution in [-0.4, -0.2) is 18.4 Å². The van der Waals surface area contributed by atoms with E-state index in [1.807, 2.05) is 0 Å². The summed E-state index contributed by atoms with van der Waals surface area (Å²) in [5.74, 6) is -0.409. The summed E-state index contributed by atoms with van der Waals surface area (Å²) in [5, 5.41) is 0. The molecule has 1 unspecified atom stereocenters. The number of ether oxygens (including phenoxy) is 1. The Morgan fingerprint density at radius 1 is 1.25 bits per heavy atom. The summed E-state index contributed by atoms with van der Waals surface area (Å²) in [6.45, 7) is 3.76. The number of rotatable bonds is 5. The van der Waals surface area contributed by atoms with Gasteiger partial charge in [0.05, 0.1) is 6.61 Å². The van der Waals surface area contributed by atoms with Gasteiger partial charge in [0.25, 0.3) is 0 Å². The first-order valence-corrected chi connectivity index (χ1v) is 6.34. The summed E-state index contributed by atoms with van der Waals surface area (Å²) in [5.41, 5.74) is 0. The molecule has 0 aromatic heterocycles. The monoisotopic (exact) mass is 226 g/mol. The molecule has 1 atom stereocenters. The number of esters is 1. The Labute approximate surface area is 97.5 Å². The van der Waals surface area contributed by atoms with Crippen molar-refractivity contribution in [3.05, 3.63) is 0 Å². The molecule has 0 aliphatic heterocycles. The fourth-order valence-corrected chi connectivity index (χ4v) is 2.25. The lowest BCUT2D eigenvalue weighted by Gasteiger charge is -2.21.